The predicted molar refractivity (Wildman–Crippen MR) is 158 cm³/mol. The van der Waals surface area contributed by atoms with E-state index in [9.17, 15) is 0 Å². The van der Waals surface area contributed by atoms with Crippen molar-refractivity contribution >= 4 is 5.57 Å². The van der Waals surface area contributed by atoms with Crippen LogP contribution in [0.1, 0.15) is 100 Å². The highest BCUT2D eigenvalue weighted by Gasteiger charge is 2.09. The van der Waals surface area contributed by atoms with Gasteiger partial charge in [0.05, 0.1) is 0 Å². The molecule has 0 atom stereocenters. The van der Waals surface area contributed by atoms with E-state index in [-0.39, 0.29) is 0 Å². The van der Waals surface area contributed by atoms with Gasteiger partial charge in [0.15, 0.2) is 0 Å². The van der Waals surface area contributed by atoms with Crippen LogP contribution >= 0.6 is 0 Å². The Kier molecular flexibility index (Phi) is 23.0. The molecule has 0 aromatic heterocycles. The molecule has 1 rings (SSSR count). The van der Waals surface area contributed by atoms with E-state index in [0.29, 0.717) is 5.92 Å². The predicted octanol–water partition coefficient (Wildman–Crippen LogP) is 11.5. The molecule has 1 aromatic carbocycles. The lowest BCUT2D eigenvalue weighted by Crippen LogP contribution is -1.95. The molecule has 186 valence electrons. The van der Waals surface area contributed by atoms with Crippen molar-refractivity contribution in [1.29, 1.82) is 0 Å². The minimum atomic E-state index is 0.657. The van der Waals surface area contributed by atoms with Gasteiger partial charge >= 0.3 is 0 Å². The zero-order valence-electron chi connectivity index (χ0n) is 24.2. The number of unbranched alkanes of at least 4 members (excludes halogenated alkanes) is 1. The molecule has 0 saturated carbocycles. The first-order chi connectivity index (χ1) is 15.3. The normalized spacial score (nSPS) is 10.2. The maximum Gasteiger partial charge on any atom is -0.0155 e. The van der Waals surface area contributed by atoms with Crippen LogP contribution in [-0.2, 0) is 0 Å². The molecule has 0 aliphatic rings. The fourth-order valence-corrected chi connectivity index (χ4v) is 2.39. The van der Waals surface area contributed by atoms with Crippen molar-refractivity contribution in [2.75, 3.05) is 0 Å². The fourth-order valence-electron chi connectivity index (χ4n) is 2.39. The summed E-state index contributed by atoms with van der Waals surface area (Å²) in [5, 5.41) is 0. The minimum Gasteiger partial charge on any atom is -0.0999 e. The zero-order valence-corrected chi connectivity index (χ0v) is 24.2. The van der Waals surface area contributed by atoms with Crippen LogP contribution in [0.2, 0.25) is 0 Å². The molecule has 0 amide bonds. The Balaban J connectivity index is -0.000000438. The van der Waals surface area contributed by atoms with E-state index >= 15 is 0 Å². The van der Waals surface area contributed by atoms with Gasteiger partial charge in [0.2, 0.25) is 0 Å². The molecular weight excluding hydrogens is 396 g/mol. The van der Waals surface area contributed by atoms with Gasteiger partial charge in [0, 0.05) is 0 Å². The third-order valence-corrected chi connectivity index (χ3v) is 5.07. The molecule has 0 bridgehead atoms. The SMILES string of the molecule is C/C=C\C(C)=C/C.C=C(C)C(C(=C)c1ccccc1C)=C(C)C.C=C(C)C(C)C.CCCC. The van der Waals surface area contributed by atoms with Crippen LogP contribution in [0.25, 0.3) is 5.57 Å². The van der Waals surface area contributed by atoms with E-state index in [2.05, 4.69) is 112 Å². The molecule has 33 heavy (non-hydrogen) atoms. The molecular formula is C33H54. The van der Waals surface area contributed by atoms with E-state index in [1.165, 1.54) is 46.3 Å². The van der Waals surface area contributed by atoms with Gasteiger partial charge in [-0.3, -0.25) is 0 Å². The summed E-state index contributed by atoms with van der Waals surface area (Å²) in [5.41, 5.74) is 9.65. The highest BCUT2D eigenvalue weighted by atomic mass is 14.1. The highest BCUT2D eigenvalue weighted by molar-refractivity contribution is 5.83. The quantitative estimate of drug-likeness (QED) is 0.298. The number of rotatable bonds is 6. The summed E-state index contributed by atoms with van der Waals surface area (Å²) in [5.74, 6) is 0.657. The Hall–Kier alpha value is -2.34. The standard InChI is InChI=1S/C16H20.C7H12.C6H12.C4H10/c1-11(2)16(12(3)4)14(6)15-10-8-7-9-13(15)5;1-4-6-7(3)5-2;1-5(2)6(3)4;1-3-4-2/h7-10H,1,6H2,2-5H3;4-6H,1-3H3;6H,1H2,2-4H3;3-4H2,1-2H3/b;6-4-,7-5-;;. The van der Waals surface area contributed by atoms with Crippen molar-refractivity contribution < 1.29 is 0 Å². The van der Waals surface area contributed by atoms with E-state index < -0.39 is 0 Å². The van der Waals surface area contributed by atoms with Gasteiger partial charge in [-0.15, -0.1) is 0 Å². The van der Waals surface area contributed by atoms with Crippen molar-refractivity contribution in [3.8, 4) is 0 Å². The Morgan fingerprint density at radius 2 is 1.33 bits per heavy atom. The second-order valence-electron chi connectivity index (χ2n) is 8.98. The van der Waals surface area contributed by atoms with E-state index in [1.807, 2.05) is 33.8 Å². The molecule has 0 heteroatoms. The first-order valence-corrected chi connectivity index (χ1v) is 12.3. The number of aryl methyl sites for hydroxylation is 1. The molecule has 0 unspecified atom stereocenters. The van der Waals surface area contributed by atoms with Gasteiger partial charge in [0.1, 0.15) is 0 Å². The monoisotopic (exact) mass is 450 g/mol. The van der Waals surface area contributed by atoms with Gasteiger partial charge < -0.3 is 0 Å². The maximum atomic E-state index is 4.21. The second kappa shape index (κ2) is 21.5. The topological polar surface area (TPSA) is 0 Å². The molecule has 0 aliphatic carbocycles. The van der Waals surface area contributed by atoms with Gasteiger partial charge in [0.25, 0.3) is 0 Å². The average molecular weight is 451 g/mol. The molecule has 0 aliphatic heterocycles. The van der Waals surface area contributed by atoms with Crippen molar-refractivity contribution in [2.45, 2.75) is 95.9 Å². The third-order valence-electron chi connectivity index (χ3n) is 5.07. The smallest absolute Gasteiger partial charge is 0.0155 e. The Bertz CT molecular complexity index is 785. The van der Waals surface area contributed by atoms with Crippen LogP contribution in [0, 0.1) is 12.8 Å². The van der Waals surface area contributed by atoms with Gasteiger partial charge in [-0.25, -0.2) is 0 Å². The largest absolute Gasteiger partial charge is 0.0999 e. The molecule has 1 aromatic rings. The second-order valence-corrected chi connectivity index (χ2v) is 8.98. The number of hydrogen-bond donors (Lipinski definition) is 0. The van der Waals surface area contributed by atoms with Crippen LogP contribution in [0.3, 0.4) is 0 Å². The van der Waals surface area contributed by atoms with Crippen LogP contribution in [0.15, 0.2) is 90.1 Å². The Labute approximate surface area is 208 Å². The van der Waals surface area contributed by atoms with E-state index in [4.69, 9.17) is 0 Å². The van der Waals surface area contributed by atoms with E-state index in [0.717, 1.165) is 11.1 Å². The molecule has 0 heterocycles. The molecule has 0 spiro atoms. The highest BCUT2D eigenvalue weighted by Crippen LogP contribution is 2.30. The summed E-state index contributed by atoms with van der Waals surface area (Å²) >= 11 is 0. The minimum absolute atomic E-state index is 0.657. The molecule has 0 saturated heterocycles. The van der Waals surface area contributed by atoms with Crippen LogP contribution in [0.5, 0.6) is 0 Å². The van der Waals surface area contributed by atoms with Gasteiger partial charge in [-0.05, 0) is 83.6 Å². The van der Waals surface area contributed by atoms with Crippen LogP contribution < -0.4 is 0 Å². The first kappa shape index (κ1) is 35.3. The molecule has 0 nitrogen and oxygen atoms in total. The zero-order chi connectivity index (χ0) is 26.6. The third kappa shape index (κ3) is 18.9. The van der Waals surface area contributed by atoms with Crippen molar-refractivity contribution in [1.82, 2.24) is 0 Å². The lowest BCUT2D eigenvalue weighted by molar-refractivity contribution is 0.773. The molecule has 0 fully saturated rings. The van der Waals surface area contributed by atoms with Crippen molar-refractivity contribution in [2.24, 2.45) is 5.92 Å². The van der Waals surface area contributed by atoms with E-state index in [1.54, 1.807) is 0 Å². The number of hydrogen-bond acceptors (Lipinski definition) is 0. The number of allylic oxidation sites excluding steroid dienone is 9. The van der Waals surface area contributed by atoms with Crippen LogP contribution in [0.4, 0.5) is 0 Å². The number of benzene rings is 1. The summed E-state index contributed by atoms with van der Waals surface area (Å²) < 4.78 is 0. The Morgan fingerprint density at radius 3 is 1.58 bits per heavy atom. The van der Waals surface area contributed by atoms with Crippen molar-refractivity contribution in [3.63, 3.8) is 0 Å². The molecule has 0 radical (unpaired) electrons. The lowest BCUT2D eigenvalue weighted by atomic mass is 9.90. The van der Waals surface area contributed by atoms with Crippen LogP contribution in [-0.4, -0.2) is 0 Å². The first-order valence-electron chi connectivity index (χ1n) is 12.3. The summed E-state index contributed by atoms with van der Waals surface area (Å²) in [4.78, 5) is 0. The Morgan fingerprint density at radius 1 is 0.879 bits per heavy atom. The summed E-state index contributed by atoms with van der Waals surface area (Å²) in [7, 11) is 0. The van der Waals surface area contributed by atoms with Gasteiger partial charge in [-0.2, -0.15) is 0 Å². The lowest BCUT2D eigenvalue weighted by Gasteiger charge is -2.15. The summed E-state index contributed by atoms with van der Waals surface area (Å²) in [6.45, 7) is 37.2. The summed E-state index contributed by atoms with van der Waals surface area (Å²) in [6, 6.07) is 8.33. The fraction of sp³-hybridized carbons (Fsp3) is 0.455. The maximum absolute atomic E-state index is 4.21. The average Bonchev–Trinajstić information content (AvgIpc) is 2.74. The van der Waals surface area contributed by atoms with Gasteiger partial charge in [-0.1, -0.05) is 125 Å². The van der Waals surface area contributed by atoms with Crippen molar-refractivity contribution in [3.05, 3.63) is 101 Å². The molecule has 0 N–H and O–H groups in total. The summed E-state index contributed by atoms with van der Waals surface area (Å²) in [6.07, 6.45) is 8.84.